The molecule has 1 aliphatic carbocycles. The van der Waals surface area contributed by atoms with Gasteiger partial charge in [0.2, 0.25) is 0 Å². The molecule has 1 atom stereocenters. The summed E-state index contributed by atoms with van der Waals surface area (Å²) in [5.74, 6) is 0.0936. The molecule has 0 amide bonds. The van der Waals surface area contributed by atoms with Gasteiger partial charge in [0.05, 0.1) is 13.5 Å². The lowest BCUT2D eigenvalue weighted by Gasteiger charge is -2.09. The van der Waals surface area contributed by atoms with Crippen LogP contribution in [0, 0.1) is 5.92 Å². The van der Waals surface area contributed by atoms with E-state index in [1.165, 1.54) is 20.0 Å². The van der Waals surface area contributed by atoms with Crippen LogP contribution in [0.25, 0.3) is 0 Å². The summed E-state index contributed by atoms with van der Waals surface area (Å²) < 4.78 is 4.66. The molecule has 1 saturated carbocycles. The average molecular weight is 238 g/mol. The summed E-state index contributed by atoms with van der Waals surface area (Å²) in [5.41, 5.74) is 0.867. The summed E-state index contributed by atoms with van der Waals surface area (Å²) in [7, 11) is 1.39. The van der Waals surface area contributed by atoms with E-state index in [9.17, 15) is 9.59 Å². The van der Waals surface area contributed by atoms with E-state index in [0.29, 0.717) is 12.8 Å². The SMILES string of the molecule is CCCCC/C=C1/C(=O)CCC1CC(=O)OC. The molecule has 96 valence electrons. The van der Waals surface area contributed by atoms with Gasteiger partial charge in [-0.3, -0.25) is 9.59 Å². The Labute approximate surface area is 103 Å². The zero-order chi connectivity index (χ0) is 12.7. The van der Waals surface area contributed by atoms with E-state index in [1.54, 1.807) is 0 Å². The Hall–Kier alpha value is -1.12. The number of Topliss-reactive ketones (excluding diaryl/α,β-unsaturated/α-hetero) is 1. The van der Waals surface area contributed by atoms with Crippen molar-refractivity contribution in [3.63, 3.8) is 0 Å². The molecule has 1 unspecified atom stereocenters. The molecule has 0 aromatic rings. The molecule has 1 aliphatic rings. The van der Waals surface area contributed by atoms with E-state index < -0.39 is 0 Å². The Morgan fingerprint density at radius 1 is 1.47 bits per heavy atom. The average Bonchev–Trinajstić information content (AvgIpc) is 2.66. The second-order valence-electron chi connectivity index (χ2n) is 4.59. The molecule has 0 spiro atoms. The molecule has 0 aliphatic heterocycles. The fourth-order valence-electron chi connectivity index (χ4n) is 2.26. The second-order valence-corrected chi connectivity index (χ2v) is 4.59. The molecule has 0 bridgehead atoms. The van der Waals surface area contributed by atoms with Gasteiger partial charge < -0.3 is 4.74 Å². The smallest absolute Gasteiger partial charge is 0.306 e. The first-order chi connectivity index (χ1) is 8.19. The van der Waals surface area contributed by atoms with Gasteiger partial charge in [-0.25, -0.2) is 0 Å². The minimum atomic E-state index is -0.218. The Bertz CT molecular complexity index is 305. The number of esters is 1. The summed E-state index contributed by atoms with van der Waals surface area (Å²) >= 11 is 0. The summed E-state index contributed by atoms with van der Waals surface area (Å²) in [5, 5.41) is 0. The lowest BCUT2D eigenvalue weighted by Crippen LogP contribution is -2.10. The fraction of sp³-hybridized carbons (Fsp3) is 0.714. The minimum Gasteiger partial charge on any atom is -0.469 e. The number of carbonyl (C=O) groups is 2. The Kier molecular flexibility index (Phi) is 5.95. The number of hydrogen-bond acceptors (Lipinski definition) is 3. The first-order valence-electron chi connectivity index (χ1n) is 6.49. The van der Waals surface area contributed by atoms with Crippen molar-refractivity contribution < 1.29 is 14.3 Å². The van der Waals surface area contributed by atoms with Gasteiger partial charge in [0, 0.05) is 6.42 Å². The van der Waals surface area contributed by atoms with Gasteiger partial charge in [-0.15, -0.1) is 0 Å². The van der Waals surface area contributed by atoms with Crippen molar-refractivity contribution in [2.24, 2.45) is 5.92 Å². The molecule has 0 aromatic heterocycles. The van der Waals surface area contributed by atoms with Gasteiger partial charge in [0.25, 0.3) is 0 Å². The number of allylic oxidation sites excluding steroid dienone is 2. The van der Waals surface area contributed by atoms with Crippen LogP contribution in [0.3, 0.4) is 0 Å². The zero-order valence-electron chi connectivity index (χ0n) is 10.8. The van der Waals surface area contributed by atoms with Gasteiger partial charge in [-0.2, -0.15) is 0 Å². The van der Waals surface area contributed by atoms with Gasteiger partial charge >= 0.3 is 5.97 Å². The van der Waals surface area contributed by atoms with Gasteiger partial charge in [0.1, 0.15) is 0 Å². The molecule has 0 saturated heterocycles. The van der Waals surface area contributed by atoms with E-state index in [0.717, 1.165) is 24.8 Å². The molecule has 0 aromatic carbocycles. The number of unbranched alkanes of at least 4 members (excludes halogenated alkanes) is 3. The topological polar surface area (TPSA) is 43.4 Å². The second kappa shape index (κ2) is 7.25. The van der Waals surface area contributed by atoms with Gasteiger partial charge in [0.15, 0.2) is 5.78 Å². The summed E-state index contributed by atoms with van der Waals surface area (Å²) in [6.07, 6.45) is 8.22. The van der Waals surface area contributed by atoms with Gasteiger partial charge in [-0.05, 0) is 30.8 Å². The highest BCUT2D eigenvalue weighted by Crippen LogP contribution is 2.31. The van der Waals surface area contributed by atoms with E-state index in [-0.39, 0.29) is 17.7 Å². The number of ether oxygens (including phenoxy) is 1. The van der Waals surface area contributed by atoms with Crippen molar-refractivity contribution in [1.29, 1.82) is 0 Å². The standard InChI is InChI=1S/C14H22O3/c1-3-4-5-6-7-12-11(8-9-13(12)15)10-14(16)17-2/h7,11H,3-6,8-10H2,1-2H3/b12-7+. The molecule has 3 nitrogen and oxygen atoms in total. The maximum Gasteiger partial charge on any atom is 0.306 e. The Morgan fingerprint density at radius 2 is 2.24 bits per heavy atom. The highest BCUT2D eigenvalue weighted by molar-refractivity contribution is 5.98. The number of methoxy groups -OCH3 is 1. The van der Waals surface area contributed by atoms with Crippen LogP contribution in [0.5, 0.6) is 0 Å². The number of hydrogen-bond donors (Lipinski definition) is 0. The monoisotopic (exact) mass is 238 g/mol. The van der Waals surface area contributed by atoms with E-state index in [4.69, 9.17) is 0 Å². The predicted octanol–water partition coefficient (Wildman–Crippen LogP) is 3.04. The number of rotatable bonds is 6. The lowest BCUT2D eigenvalue weighted by atomic mass is 9.97. The zero-order valence-corrected chi connectivity index (χ0v) is 10.8. The van der Waals surface area contributed by atoms with E-state index in [1.807, 2.05) is 6.08 Å². The van der Waals surface area contributed by atoms with Crippen LogP contribution >= 0.6 is 0 Å². The fourth-order valence-corrected chi connectivity index (χ4v) is 2.26. The number of ketones is 1. The molecular formula is C14H22O3. The normalized spacial score (nSPS) is 22.1. The van der Waals surface area contributed by atoms with Crippen molar-refractivity contribution in [1.82, 2.24) is 0 Å². The third kappa shape index (κ3) is 4.33. The molecule has 1 fully saturated rings. The molecule has 0 heterocycles. The summed E-state index contributed by atoms with van der Waals surface area (Å²) in [4.78, 5) is 22.9. The maximum absolute atomic E-state index is 11.7. The van der Waals surface area contributed by atoms with Crippen LogP contribution < -0.4 is 0 Å². The first-order valence-corrected chi connectivity index (χ1v) is 6.49. The minimum absolute atomic E-state index is 0.0941. The van der Waals surface area contributed by atoms with Crippen LogP contribution in [0.4, 0.5) is 0 Å². The summed E-state index contributed by atoms with van der Waals surface area (Å²) in [6.45, 7) is 2.16. The van der Waals surface area contributed by atoms with Crippen LogP contribution in [-0.2, 0) is 14.3 Å². The van der Waals surface area contributed by atoms with E-state index >= 15 is 0 Å². The lowest BCUT2D eigenvalue weighted by molar-refractivity contribution is -0.141. The quantitative estimate of drug-likeness (QED) is 0.406. The maximum atomic E-state index is 11.7. The summed E-state index contributed by atoms with van der Waals surface area (Å²) in [6, 6.07) is 0. The molecule has 0 N–H and O–H groups in total. The molecule has 0 radical (unpaired) electrons. The van der Waals surface area contributed by atoms with Crippen molar-refractivity contribution >= 4 is 11.8 Å². The predicted molar refractivity (Wildman–Crippen MR) is 66.6 cm³/mol. The number of carbonyl (C=O) groups excluding carboxylic acids is 2. The first kappa shape index (κ1) is 13.9. The van der Waals surface area contributed by atoms with Crippen LogP contribution in [-0.4, -0.2) is 18.9 Å². The van der Waals surface area contributed by atoms with Gasteiger partial charge in [-0.1, -0.05) is 25.8 Å². The Balaban J connectivity index is 2.52. The van der Waals surface area contributed by atoms with Crippen LogP contribution in [0.2, 0.25) is 0 Å². The highest BCUT2D eigenvalue weighted by atomic mass is 16.5. The molecule has 1 rings (SSSR count). The van der Waals surface area contributed by atoms with E-state index in [2.05, 4.69) is 11.7 Å². The van der Waals surface area contributed by atoms with Crippen molar-refractivity contribution in [2.45, 2.75) is 51.9 Å². The molecular weight excluding hydrogens is 216 g/mol. The highest BCUT2D eigenvalue weighted by Gasteiger charge is 2.29. The molecule has 17 heavy (non-hydrogen) atoms. The van der Waals surface area contributed by atoms with Crippen molar-refractivity contribution in [3.8, 4) is 0 Å². The molecule has 3 heteroatoms. The van der Waals surface area contributed by atoms with Crippen LogP contribution in [0.15, 0.2) is 11.6 Å². The van der Waals surface area contributed by atoms with Crippen LogP contribution in [0.1, 0.15) is 51.9 Å². The van der Waals surface area contributed by atoms with Crippen molar-refractivity contribution in [2.75, 3.05) is 7.11 Å². The van der Waals surface area contributed by atoms with Crippen molar-refractivity contribution in [3.05, 3.63) is 11.6 Å². The third-order valence-electron chi connectivity index (χ3n) is 3.29. The third-order valence-corrected chi connectivity index (χ3v) is 3.29. The Morgan fingerprint density at radius 3 is 2.88 bits per heavy atom. The largest absolute Gasteiger partial charge is 0.469 e.